The van der Waals surface area contributed by atoms with E-state index in [0.717, 1.165) is 13.1 Å². The van der Waals surface area contributed by atoms with E-state index in [4.69, 9.17) is 0 Å². The molecule has 0 aromatic rings. The van der Waals surface area contributed by atoms with E-state index in [1.807, 2.05) is 0 Å². The Bertz CT molecular complexity index is 284. The Morgan fingerprint density at radius 2 is 1.79 bits per heavy atom. The van der Waals surface area contributed by atoms with Gasteiger partial charge in [0.1, 0.15) is 9.84 Å². The average Bonchev–Trinajstić information content (AvgIpc) is 1.94. The molecule has 0 radical (unpaired) electrons. The highest BCUT2D eigenvalue weighted by Gasteiger charge is 2.36. The molecule has 0 bridgehead atoms. The van der Waals surface area contributed by atoms with Gasteiger partial charge in [-0.2, -0.15) is 0 Å². The number of hydrogen-bond acceptors (Lipinski definition) is 3. The summed E-state index contributed by atoms with van der Waals surface area (Å²) in [6.45, 7) is 10.1. The summed E-state index contributed by atoms with van der Waals surface area (Å²) in [7, 11) is -2.78. The molecule has 14 heavy (non-hydrogen) atoms. The molecule has 0 aromatic carbocycles. The zero-order chi connectivity index (χ0) is 11.0. The molecule has 0 amide bonds. The van der Waals surface area contributed by atoms with Crippen LogP contribution in [0.25, 0.3) is 0 Å². The highest BCUT2D eigenvalue weighted by atomic mass is 32.2. The SMILES string of the molecule is CCS(=O)(=O)CC1CN(C(C)(C)C)C1. The second kappa shape index (κ2) is 3.81. The zero-order valence-electron chi connectivity index (χ0n) is 9.58. The quantitative estimate of drug-likeness (QED) is 0.714. The molecule has 0 unspecified atom stereocenters. The van der Waals surface area contributed by atoms with E-state index in [0.29, 0.717) is 11.7 Å². The first kappa shape index (κ1) is 12.0. The largest absolute Gasteiger partial charge is 0.298 e. The van der Waals surface area contributed by atoms with Crippen LogP contribution >= 0.6 is 0 Å². The summed E-state index contributed by atoms with van der Waals surface area (Å²) in [5.41, 5.74) is 0.187. The molecular weight excluding hydrogens is 198 g/mol. The van der Waals surface area contributed by atoms with Gasteiger partial charge >= 0.3 is 0 Å². The molecule has 4 heteroatoms. The molecule has 0 aliphatic carbocycles. The summed E-state index contributed by atoms with van der Waals surface area (Å²) in [5.74, 6) is 1.01. The van der Waals surface area contributed by atoms with Crippen LogP contribution in [0.15, 0.2) is 0 Å². The Balaban J connectivity index is 2.37. The van der Waals surface area contributed by atoms with Crippen molar-refractivity contribution in [1.82, 2.24) is 4.90 Å². The summed E-state index contributed by atoms with van der Waals surface area (Å²) >= 11 is 0. The smallest absolute Gasteiger partial charge is 0.150 e. The van der Waals surface area contributed by atoms with Crippen molar-refractivity contribution >= 4 is 9.84 Å². The first-order chi connectivity index (χ1) is 6.24. The van der Waals surface area contributed by atoms with Crippen LogP contribution in [0.1, 0.15) is 27.7 Å². The number of hydrogen-bond donors (Lipinski definition) is 0. The van der Waals surface area contributed by atoms with Crippen molar-refractivity contribution < 1.29 is 8.42 Å². The van der Waals surface area contributed by atoms with Crippen LogP contribution in [0.5, 0.6) is 0 Å². The Labute approximate surface area is 87.4 Å². The van der Waals surface area contributed by atoms with E-state index < -0.39 is 9.84 Å². The van der Waals surface area contributed by atoms with E-state index >= 15 is 0 Å². The van der Waals surface area contributed by atoms with Crippen molar-refractivity contribution in [2.75, 3.05) is 24.6 Å². The fourth-order valence-electron chi connectivity index (χ4n) is 1.70. The zero-order valence-corrected chi connectivity index (χ0v) is 10.4. The Morgan fingerprint density at radius 3 is 2.14 bits per heavy atom. The average molecular weight is 219 g/mol. The maximum Gasteiger partial charge on any atom is 0.150 e. The van der Waals surface area contributed by atoms with Crippen molar-refractivity contribution in [2.45, 2.75) is 33.2 Å². The maximum atomic E-state index is 11.3. The van der Waals surface area contributed by atoms with E-state index in [9.17, 15) is 8.42 Å². The van der Waals surface area contributed by atoms with Gasteiger partial charge < -0.3 is 0 Å². The van der Waals surface area contributed by atoms with Crippen LogP contribution < -0.4 is 0 Å². The number of nitrogens with zero attached hydrogens (tertiary/aromatic N) is 1. The van der Waals surface area contributed by atoms with Gasteiger partial charge in [0.25, 0.3) is 0 Å². The highest BCUT2D eigenvalue weighted by Crippen LogP contribution is 2.26. The molecule has 0 N–H and O–H groups in total. The highest BCUT2D eigenvalue weighted by molar-refractivity contribution is 7.91. The van der Waals surface area contributed by atoms with Gasteiger partial charge in [0, 0.05) is 24.4 Å². The fraction of sp³-hybridized carbons (Fsp3) is 1.00. The lowest BCUT2D eigenvalue weighted by molar-refractivity contribution is 0.0238. The molecule has 0 atom stereocenters. The second-order valence-electron chi connectivity index (χ2n) is 5.14. The number of likely N-dealkylation sites (tertiary alicyclic amines) is 1. The van der Waals surface area contributed by atoms with Crippen LogP contribution in [-0.2, 0) is 9.84 Å². The molecule has 0 saturated carbocycles. The summed E-state index contributed by atoms with van der Waals surface area (Å²) < 4.78 is 22.7. The molecule has 0 aromatic heterocycles. The van der Waals surface area contributed by atoms with Crippen LogP contribution in [0.4, 0.5) is 0 Å². The van der Waals surface area contributed by atoms with Crippen LogP contribution in [-0.4, -0.2) is 43.5 Å². The lowest BCUT2D eigenvalue weighted by Crippen LogP contribution is -2.57. The molecule has 1 aliphatic rings. The Morgan fingerprint density at radius 1 is 1.29 bits per heavy atom. The standard InChI is InChI=1S/C10H21NO2S/c1-5-14(12,13)8-9-6-11(7-9)10(2,3)4/h9H,5-8H2,1-4H3. The predicted octanol–water partition coefficient (Wildman–Crippen LogP) is 1.15. The van der Waals surface area contributed by atoms with Crippen molar-refractivity contribution in [3.8, 4) is 0 Å². The van der Waals surface area contributed by atoms with Crippen LogP contribution in [0, 0.1) is 5.92 Å². The first-order valence-corrected chi connectivity index (χ1v) is 7.02. The second-order valence-corrected chi connectivity index (χ2v) is 7.54. The molecule has 84 valence electrons. The third-order valence-corrected chi connectivity index (χ3v) is 4.69. The van der Waals surface area contributed by atoms with Crippen LogP contribution in [0.3, 0.4) is 0 Å². The van der Waals surface area contributed by atoms with Gasteiger partial charge in [-0.05, 0) is 26.7 Å². The lowest BCUT2D eigenvalue weighted by Gasteiger charge is -2.47. The third-order valence-electron chi connectivity index (χ3n) is 2.84. The summed E-state index contributed by atoms with van der Waals surface area (Å²) in [6, 6.07) is 0. The molecule has 1 rings (SSSR count). The topological polar surface area (TPSA) is 37.4 Å². The molecular formula is C10H21NO2S. The van der Waals surface area contributed by atoms with Crippen molar-refractivity contribution in [2.24, 2.45) is 5.92 Å². The van der Waals surface area contributed by atoms with E-state index in [2.05, 4.69) is 25.7 Å². The van der Waals surface area contributed by atoms with Gasteiger partial charge in [-0.15, -0.1) is 0 Å². The summed E-state index contributed by atoms with van der Waals surface area (Å²) in [5, 5.41) is 0. The molecule has 1 saturated heterocycles. The van der Waals surface area contributed by atoms with Gasteiger partial charge in [-0.3, -0.25) is 4.90 Å². The van der Waals surface area contributed by atoms with E-state index in [1.54, 1.807) is 6.92 Å². The van der Waals surface area contributed by atoms with Crippen molar-refractivity contribution in [3.05, 3.63) is 0 Å². The predicted molar refractivity (Wildman–Crippen MR) is 59.1 cm³/mol. The number of sulfone groups is 1. The summed E-state index contributed by atoms with van der Waals surface area (Å²) in [6.07, 6.45) is 0. The Hall–Kier alpha value is -0.0900. The first-order valence-electron chi connectivity index (χ1n) is 5.20. The van der Waals surface area contributed by atoms with Gasteiger partial charge in [0.05, 0.1) is 5.75 Å². The van der Waals surface area contributed by atoms with Crippen LogP contribution in [0.2, 0.25) is 0 Å². The van der Waals surface area contributed by atoms with Gasteiger partial charge in [-0.25, -0.2) is 8.42 Å². The minimum Gasteiger partial charge on any atom is -0.298 e. The van der Waals surface area contributed by atoms with Crippen molar-refractivity contribution in [3.63, 3.8) is 0 Å². The van der Waals surface area contributed by atoms with Gasteiger partial charge in [-0.1, -0.05) is 6.92 Å². The maximum absolute atomic E-state index is 11.3. The minimum atomic E-state index is -2.78. The minimum absolute atomic E-state index is 0.187. The van der Waals surface area contributed by atoms with Crippen molar-refractivity contribution in [1.29, 1.82) is 0 Å². The summed E-state index contributed by atoms with van der Waals surface area (Å²) in [4.78, 5) is 2.32. The third kappa shape index (κ3) is 2.95. The van der Waals surface area contributed by atoms with E-state index in [1.165, 1.54) is 0 Å². The van der Waals surface area contributed by atoms with E-state index in [-0.39, 0.29) is 11.3 Å². The molecule has 3 nitrogen and oxygen atoms in total. The normalized spacial score (nSPS) is 20.9. The van der Waals surface area contributed by atoms with Gasteiger partial charge in [0.15, 0.2) is 0 Å². The number of rotatable bonds is 3. The Kier molecular flexibility index (Phi) is 3.26. The lowest BCUT2D eigenvalue weighted by atomic mass is 9.94. The molecule has 0 spiro atoms. The van der Waals surface area contributed by atoms with Gasteiger partial charge in [0.2, 0.25) is 0 Å². The fourth-order valence-corrected chi connectivity index (χ4v) is 2.86. The molecule has 1 fully saturated rings. The molecule has 1 aliphatic heterocycles. The monoisotopic (exact) mass is 219 g/mol. The molecule has 1 heterocycles.